The summed E-state index contributed by atoms with van der Waals surface area (Å²) in [6.45, 7) is 6.73. The smallest absolute Gasteiger partial charge is 0.306 e. The molecule has 1 aromatic rings. The van der Waals surface area contributed by atoms with Crippen molar-refractivity contribution in [2.75, 3.05) is 13.2 Å². The minimum absolute atomic E-state index is 0.189. The Labute approximate surface area is 123 Å². The van der Waals surface area contributed by atoms with Crippen molar-refractivity contribution in [2.45, 2.75) is 33.1 Å². The van der Waals surface area contributed by atoms with Gasteiger partial charge < -0.3 is 14.6 Å². The van der Waals surface area contributed by atoms with Crippen LogP contribution in [0.1, 0.15) is 37.8 Å². The summed E-state index contributed by atoms with van der Waals surface area (Å²) in [5.74, 6) is 0.0951. The molecule has 1 aliphatic heterocycles. The van der Waals surface area contributed by atoms with Crippen LogP contribution >= 0.6 is 11.6 Å². The third-order valence-corrected chi connectivity index (χ3v) is 3.80. The van der Waals surface area contributed by atoms with Crippen LogP contribution < -0.4 is 9.47 Å². The van der Waals surface area contributed by atoms with Gasteiger partial charge in [-0.2, -0.15) is 0 Å². The van der Waals surface area contributed by atoms with Crippen LogP contribution in [-0.2, 0) is 11.2 Å². The van der Waals surface area contributed by atoms with Gasteiger partial charge in [-0.15, -0.1) is 0 Å². The number of hydrogen-bond donors (Lipinski definition) is 1. The molecule has 2 rings (SSSR count). The van der Waals surface area contributed by atoms with Gasteiger partial charge in [-0.05, 0) is 29.5 Å². The van der Waals surface area contributed by atoms with Crippen LogP contribution in [0.3, 0.4) is 0 Å². The summed E-state index contributed by atoms with van der Waals surface area (Å²) in [6, 6.07) is 1.87. The van der Waals surface area contributed by atoms with Gasteiger partial charge in [-0.25, -0.2) is 0 Å². The molecule has 1 atom stereocenters. The van der Waals surface area contributed by atoms with Gasteiger partial charge in [0.25, 0.3) is 0 Å². The summed E-state index contributed by atoms with van der Waals surface area (Å²) < 4.78 is 11.1. The highest BCUT2D eigenvalue weighted by Gasteiger charge is 2.25. The first-order valence-electron chi connectivity index (χ1n) is 6.75. The Morgan fingerprint density at radius 3 is 2.60 bits per heavy atom. The first-order chi connectivity index (χ1) is 9.41. The lowest BCUT2D eigenvalue weighted by Gasteiger charge is -2.25. The Morgan fingerprint density at radius 1 is 1.35 bits per heavy atom. The SMILES string of the molecule is CC(Cc1cc2c(c(Cl)c1C(C)C)OCCO2)C(=O)O. The van der Waals surface area contributed by atoms with Gasteiger partial charge in [0, 0.05) is 0 Å². The number of rotatable bonds is 4. The third kappa shape index (κ3) is 2.85. The van der Waals surface area contributed by atoms with Crippen molar-refractivity contribution in [1.82, 2.24) is 0 Å². The summed E-state index contributed by atoms with van der Waals surface area (Å²) in [5.41, 5.74) is 1.87. The number of halogens is 1. The highest BCUT2D eigenvalue weighted by Crippen LogP contribution is 2.44. The summed E-state index contributed by atoms with van der Waals surface area (Å²) in [6.07, 6.45) is 0.430. The fraction of sp³-hybridized carbons (Fsp3) is 0.533. The van der Waals surface area contributed by atoms with E-state index in [1.807, 2.05) is 19.9 Å². The number of carbonyl (C=O) groups is 1. The second kappa shape index (κ2) is 5.92. The lowest BCUT2D eigenvalue weighted by atomic mass is 9.90. The van der Waals surface area contributed by atoms with E-state index in [0.29, 0.717) is 36.2 Å². The largest absolute Gasteiger partial charge is 0.486 e. The number of carboxylic acid groups (broad SMARTS) is 1. The van der Waals surface area contributed by atoms with Crippen molar-refractivity contribution in [3.05, 3.63) is 22.2 Å². The van der Waals surface area contributed by atoms with E-state index in [4.69, 9.17) is 26.2 Å². The molecule has 1 N–H and O–H groups in total. The summed E-state index contributed by atoms with van der Waals surface area (Å²) in [5, 5.41) is 9.64. The van der Waals surface area contributed by atoms with Crippen LogP contribution in [0.15, 0.2) is 6.07 Å². The lowest BCUT2D eigenvalue weighted by Crippen LogP contribution is -2.18. The number of aliphatic carboxylic acids is 1. The van der Waals surface area contributed by atoms with Crippen LogP contribution in [0, 0.1) is 5.92 Å². The number of carboxylic acids is 1. The zero-order valence-corrected chi connectivity index (χ0v) is 12.7. The van der Waals surface area contributed by atoms with Gasteiger partial charge in [-0.1, -0.05) is 32.4 Å². The number of fused-ring (bicyclic) bond motifs is 1. The molecule has 0 saturated heterocycles. The predicted octanol–water partition coefficient (Wildman–Crippen LogP) is 3.50. The summed E-state index contributed by atoms with van der Waals surface area (Å²) >= 11 is 6.44. The molecule has 0 bridgehead atoms. The molecule has 20 heavy (non-hydrogen) atoms. The van der Waals surface area contributed by atoms with Gasteiger partial charge in [0.1, 0.15) is 13.2 Å². The van der Waals surface area contributed by atoms with E-state index in [1.54, 1.807) is 6.92 Å². The Kier molecular flexibility index (Phi) is 4.43. The highest BCUT2D eigenvalue weighted by atomic mass is 35.5. The predicted molar refractivity (Wildman–Crippen MR) is 77.0 cm³/mol. The molecule has 0 aliphatic carbocycles. The molecule has 0 spiro atoms. The molecule has 0 saturated carbocycles. The van der Waals surface area contributed by atoms with Gasteiger partial charge >= 0.3 is 5.97 Å². The molecule has 1 heterocycles. The molecule has 5 heteroatoms. The molecule has 1 aromatic carbocycles. The van der Waals surface area contributed by atoms with E-state index in [9.17, 15) is 4.79 Å². The fourth-order valence-corrected chi connectivity index (χ4v) is 2.91. The van der Waals surface area contributed by atoms with Crippen molar-refractivity contribution in [3.8, 4) is 11.5 Å². The van der Waals surface area contributed by atoms with E-state index in [-0.39, 0.29) is 5.92 Å². The van der Waals surface area contributed by atoms with Gasteiger partial charge in [0.2, 0.25) is 0 Å². The van der Waals surface area contributed by atoms with Crippen molar-refractivity contribution < 1.29 is 19.4 Å². The first kappa shape index (κ1) is 15.0. The Morgan fingerprint density at radius 2 is 2.00 bits per heavy atom. The molecule has 110 valence electrons. The molecule has 0 aromatic heterocycles. The van der Waals surface area contributed by atoms with E-state index >= 15 is 0 Å². The minimum atomic E-state index is -0.814. The van der Waals surface area contributed by atoms with Crippen molar-refractivity contribution in [2.24, 2.45) is 5.92 Å². The maximum atomic E-state index is 11.1. The van der Waals surface area contributed by atoms with Crippen LogP contribution in [0.2, 0.25) is 5.02 Å². The molecule has 0 radical (unpaired) electrons. The minimum Gasteiger partial charge on any atom is -0.486 e. The van der Waals surface area contributed by atoms with Crippen LogP contribution in [0.4, 0.5) is 0 Å². The first-order valence-corrected chi connectivity index (χ1v) is 7.13. The second-order valence-electron chi connectivity index (χ2n) is 5.39. The average Bonchev–Trinajstić information content (AvgIpc) is 2.38. The Hall–Kier alpha value is -1.42. The quantitative estimate of drug-likeness (QED) is 0.924. The highest BCUT2D eigenvalue weighted by molar-refractivity contribution is 6.33. The van der Waals surface area contributed by atoms with E-state index in [1.165, 1.54) is 0 Å². The summed E-state index contributed by atoms with van der Waals surface area (Å²) in [7, 11) is 0. The van der Waals surface area contributed by atoms with Crippen LogP contribution in [0.25, 0.3) is 0 Å². The fourth-order valence-electron chi connectivity index (χ4n) is 2.42. The van der Waals surface area contributed by atoms with Crippen molar-refractivity contribution >= 4 is 17.6 Å². The van der Waals surface area contributed by atoms with Gasteiger partial charge in [-0.3, -0.25) is 4.79 Å². The zero-order chi connectivity index (χ0) is 14.9. The van der Waals surface area contributed by atoms with E-state index in [0.717, 1.165) is 11.1 Å². The van der Waals surface area contributed by atoms with Crippen molar-refractivity contribution in [1.29, 1.82) is 0 Å². The Balaban J connectivity index is 2.48. The maximum absolute atomic E-state index is 11.1. The lowest BCUT2D eigenvalue weighted by molar-refractivity contribution is -0.141. The van der Waals surface area contributed by atoms with Crippen molar-refractivity contribution in [3.63, 3.8) is 0 Å². The second-order valence-corrected chi connectivity index (χ2v) is 5.76. The van der Waals surface area contributed by atoms with E-state index < -0.39 is 11.9 Å². The molecule has 1 aliphatic rings. The van der Waals surface area contributed by atoms with Crippen LogP contribution in [-0.4, -0.2) is 24.3 Å². The molecule has 0 fully saturated rings. The monoisotopic (exact) mass is 298 g/mol. The normalized spacial score (nSPS) is 15.2. The molecule has 0 amide bonds. The number of hydrogen-bond acceptors (Lipinski definition) is 3. The topological polar surface area (TPSA) is 55.8 Å². The maximum Gasteiger partial charge on any atom is 0.306 e. The molecular weight excluding hydrogens is 280 g/mol. The molecule has 1 unspecified atom stereocenters. The number of benzene rings is 1. The third-order valence-electron chi connectivity index (χ3n) is 3.42. The summed E-state index contributed by atoms with van der Waals surface area (Å²) in [4.78, 5) is 11.1. The number of ether oxygens (including phenoxy) is 2. The molecular formula is C15H19ClO4. The average molecular weight is 299 g/mol. The Bertz CT molecular complexity index is 525. The van der Waals surface area contributed by atoms with E-state index in [2.05, 4.69) is 0 Å². The standard InChI is InChI=1S/C15H19ClO4/c1-8(2)12-10(6-9(3)15(17)18)7-11-14(13(12)16)20-5-4-19-11/h7-9H,4-6H2,1-3H3,(H,17,18). The molecule has 4 nitrogen and oxygen atoms in total. The van der Waals surface area contributed by atoms with Gasteiger partial charge in [0.15, 0.2) is 11.5 Å². The van der Waals surface area contributed by atoms with Gasteiger partial charge in [0.05, 0.1) is 10.9 Å². The van der Waals surface area contributed by atoms with Crippen LogP contribution in [0.5, 0.6) is 11.5 Å². The zero-order valence-electron chi connectivity index (χ0n) is 11.9.